The highest BCUT2D eigenvalue weighted by Crippen LogP contribution is 2.13. The van der Waals surface area contributed by atoms with Crippen LogP contribution in [0.5, 0.6) is 0 Å². The zero-order valence-corrected chi connectivity index (χ0v) is 14.3. The average Bonchev–Trinajstić information content (AvgIpc) is 2.41. The molecule has 4 nitrogen and oxygen atoms in total. The summed E-state index contributed by atoms with van der Waals surface area (Å²) in [5, 5.41) is 0. The molecule has 0 spiro atoms. The Labute approximate surface area is 134 Å². The molecule has 0 unspecified atom stereocenters. The van der Waals surface area contributed by atoms with Crippen molar-refractivity contribution in [3.05, 3.63) is 33.4 Å². The van der Waals surface area contributed by atoms with Crippen molar-refractivity contribution in [3.8, 4) is 0 Å². The molecule has 2 N–H and O–H groups in total. The van der Waals surface area contributed by atoms with Crippen molar-refractivity contribution in [3.63, 3.8) is 0 Å². The fourth-order valence-electron chi connectivity index (χ4n) is 2.56. The van der Waals surface area contributed by atoms with Gasteiger partial charge in [0.05, 0.1) is 12.6 Å². The van der Waals surface area contributed by atoms with Crippen molar-refractivity contribution < 1.29 is 19.3 Å². The van der Waals surface area contributed by atoms with E-state index in [2.05, 4.69) is 29.6 Å². The molecular weight excluding hydrogens is 367 g/mol. The van der Waals surface area contributed by atoms with Crippen LogP contribution in [-0.2, 0) is 4.74 Å². The summed E-state index contributed by atoms with van der Waals surface area (Å²) in [6.45, 7) is 7.63. The Kier molecular flexibility index (Phi) is 5.80. The number of quaternary nitrogens is 2. The number of nitrogens with one attached hydrogen (secondary N) is 2. The predicted octanol–water partition coefficient (Wildman–Crippen LogP) is -0.750. The molecule has 0 aromatic heterocycles. The van der Waals surface area contributed by atoms with E-state index in [9.17, 15) is 4.79 Å². The van der Waals surface area contributed by atoms with E-state index in [1.807, 2.05) is 31.2 Å². The van der Waals surface area contributed by atoms with E-state index in [1.54, 1.807) is 9.80 Å². The zero-order chi connectivity index (χ0) is 14.5. The van der Waals surface area contributed by atoms with Gasteiger partial charge in [0.25, 0.3) is 0 Å². The summed E-state index contributed by atoms with van der Waals surface area (Å²) in [4.78, 5) is 15.3. The van der Waals surface area contributed by atoms with Crippen LogP contribution in [0.4, 0.5) is 0 Å². The molecule has 0 aliphatic carbocycles. The first-order valence-corrected chi connectivity index (χ1v) is 8.24. The summed E-state index contributed by atoms with van der Waals surface area (Å²) in [6, 6.07) is 7.55. The van der Waals surface area contributed by atoms with Crippen molar-refractivity contribution in [2.45, 2.75) is 13.0 Å². The molecule has 1 saturated heterocycles. The number of hydrogen-bond donors (Lipinski definition) is 2. The number of esters is 1. The molecular formula is C15H23IN2O2+2. The molecule has 1 aliphatic heterocycles. The van der Waals surface area contributed by atoms with E-state index in [0.29, 0.717) is 5.56 Å². The largest absolute Gasteiger partial charge is 0.453 e. The van der Waals surface area contributed by atoms with Crippen LogP contribution < -0.4 is 9.80 Å². The molecule has 1 fully saturated rings. The number of carbonyl (C=O) groups excluding carboxylic acids is 1. The predicted molar refractivity (Wildman–Crippen MR) is 86.2 cm³/mol. The van der Waals surface area contributed by atoms with Crippen LogP contribution in [0.3, 0.4) is 0 Å². The Bertz CT molecular complexity index is 459. The Morgan fingerprint density at radius 1 is 1.30 bits per heavy atom. The van der Waals surface area contributed by atoms with Crippen LogP contribution in [0.15, 0.2) is 24.3 Å². The molecule has 0 radical (unpaired) electrons. The smallest absolute Gasteiger partial charge is 0.339 e. The van der Waals surface area contributed by atoms with E-state index >= 15 is 0 Å². The van der Waals surface area contributed by atoms with E-state index in [-0.39, 0.29) is 12.1 Å². The number of ether oxygens (including phenoxy) is 1. The lowest BCUT2D eigenvalue weighted by Gasteiger charge is -2.28. The van der Waals surface area contributed by atoms with Crippen molar-refractivity contribution in [2.75, 3.05) is 39.8 Å². The molecule has 1 aromatic rings. The van der Waals surface area contributed by atoms with Gasteiger partial charge in [0.1, 0.15) is 38.8 Å². The Balaban J connectivity index is 1.84. The Morgan fingerprint density at radius 3 is 2.60 bits per heavy atom. The van der Waals surface area contributed by atoms with Gasteiger partial charge in [-0.2, -0.15) is 0 Å². The molecule has 20 heavy (non-hydrogen) atoms. The zero-order valence-electron chi connectivity index (χ0n) is 12.1. The second-order valence-corrected chi connectivity index (χ2v) is 6.77. The first kappa shape index (κ1) is 15.7. The fourth-order valence-corrected chi connectivity index (χ4v) is 3.16. The second kappa shape index (κ2) is 7.38. The lowest BCUT2D eigenvalue weighted by Crippen LogP contribution is -3.27. The highest BCUT2D eigenvalue weighted by atomic mass is 127. The van der Waals surface area contributed by atoms with Crippen LogP contribution >= 0.6 is 22.6 Å². The third-order valence-corrected chi connectivity index (χ3v) is 4.73. The summed E-state index contributed by atoms with van der Waals surface area (Å²) in [6.07, 6.45) is -0.0353. The SMILES string of the molecule is C[C@H](C[NH+]1CC[NH+](C)CC1)OC(=O)c1ccccc1I. The maximum atomic E-state index is 12.1. The van der Waals surface area contributed by atoms with Crippen LogP contribution in [0, 0.1) is 3.57 Å². The van der Waals surface area contributed by atoms with Crippen molar-refractivity contribution in [2.24, 2.45) is 0 Å². The maximum absolute atomic E-state index is 12.1. The van der Waals surface area contributed by atoms with Gasteiger partial charge >= 0.3 is 5.97 Å². The van der Waals surface area contributed by atoms with Gasteiger partial charge in [-0.1, -0.05) is 12.1 Å². The first-order chi connectivity index (χ1) is 9.56. The van der Waals surface area contributed by atoms with Gasteiger partial charge in [-0.25, -0.2) is 4.79 Å². The van der Waals surface area contributed by atoms with Crippen LogP contribution in [-0.4, -0.2) is 51.8 Å². The van der Waals surface area contributed by atoms with Crippen LogP contribution in [0.25, 0.3) is 0 Å². The lowest BCUT2D eigenvalue weighted by molar-refractivity contribution is -1.00. The molecule has 2 rings (SSSR count). The van der Waals surface area contributed by atoms with E-state index in [1.165, 1.54) is 13.1 Å². The van der Waals surface area contributed by atoms with Gasteiger partial charge in [0, 0.05) is 3.57 Å². The minimum atomic E-state index is -0.207. The maximum Gasteiger partial charge on any atom is 0.339 e. The molecule has 1 aliphatic rings. The third kappa shape index (κ3) is 4.43. The number of likely N-dealkylation sites (N-methyl/N-ethyl adjacent to an activating group) is 1. The molecule has 1 heterocycles. The highest BCUT2D eigenvalue weighted by molar-refractivity contribution is 14.1. The monoisotopic (exact) mass is 390 g/mol. The molecule has 1 aromatic carbocycles. The van der Waals surface area contributed by atoms with E-state index < -0.39 is 0 Å². The van der Waals surface area contributed by atoms with Crippen LogP contribution in [0.1, 0.15) is 17.3 Å². The Morgan fingerprint density at radius 2 is 1.95 bits per heavy atom. The summed E-state index contributed by atoms with van der Waals surface area (Å²) >= 11 is 2.17. The summed E-state index contributed by atoms with van der Waals surface area (Å²) < 4.78 is 6.52. The molecule has 110 valence electrons. The van der Waals surface area contributed by atoms with Gasteiger partial charge in [0.15, 0.2) is 0 Å². The van der Waals surface area contributed by atoms with Gasteiger partial charge in [-0.05, 0) is 41.6 Å². The van der Waals surface area contributed by atoms with Crippen LogP contribution in [0.2, 0.25) is 0 Å². The number of piperazine rings is 1. The average molecular weight is 390 g/mol. The number of rotatable bonds is 4. The minimum Gasteiger partial charge on any atom is -0.453 e. The molecule has 1 atom stereocenters. The van der Waals surface area contributed by atoms with Gasteiger partial charge < -0.3 is 14.5 Å². The number of halogens is 1. The second-order valence-electron chi connectivity index (χ2n) is 5.61. The summed E-state index contributed by atoms with van der Waals surface area (Å²) in [7, 11) is 2.23. The fraction of sp³-hybridized carbons (Fsp3) is 0.533. The highest BCUT2D eigenvalue weighted by Gasteiger charge is 2.23. The molecule has 5 heteroatoms. The summed E-state index contributed by atoms with van der Waals surface area (Å²) in [5.41, 5.74) is 0.665. The van der Waals surface area contributed by atoms with Gasteiger partial charge in [0.2, 0.25) is 0 Å². The van der Waals surface area contributed by atoms with Crippen molar-refractivity contribution >= 4 is 28.6 Å². The molecule has 0 amide bonds. The van der Waals surface area contributed by atoms with E-state index in [0.717, 1.165) is 23.2 Å². The number of hydrogen-bond acceptors (Lipinski definition) is 2. The summed E-state index contributed by atoms with van der Waals surface area (Å²) in [5.74, 6) is -0.207. The van der Waals surface area contributed by atoms with Crippen molar-refractivity contribution in [1.82, 2.24) is 0 Å². The standard InChI is InChI=1S/C15H21IN2O2/c1-12(11-18-9-7-17(2)8-10-18)20-15(19)13-5-3-4-6-14(13)16/h3-6,12H,7-11H2,1-2H3/p+2/t12-/m1/s1. The Hall–Kier alpha value is -0.660. The van der Waals surface area contributed by atoms with Crippen molar-refractivity contribution in [1.29, 1.82) is 0 Å². The first-order valence-electron chi connectivity index (χ1n) is 7.16. The molecule has 0 saturated carbocycles. The quantitative estimate of drug-likeness (QED) is 0.525. The minimum absolute atomic E-state index is 0.0353. The lowest BCUT2D eigenvalue weighted by atomic mass is 10.2. The topological polar surface area (TPSA) is 35.2 Å². The number of benzene rings is 1. The van der Waals surface area contributed by atoms with Gasteiger partial charge in [-0.15, -0.1) is 0 Å². The van der Waals surface area contributed by atoms with Gasteiger partial charge in [-0.3, -0.25) is 0 Å². The third-order valence-electron chi connectivity index (χ3n) is 3.79. The number of carbonyl (C=O) groups is 1. The molecule has 0 bridgehead atoms. The normalized spacial score (nSPS) is 24.1. The van der Waals surface area contributed by atoms with E-state index in [4.69, 9.17) is 4.74 Å².